The van der Waals surface area contributed by atoms with E-state index in [1.807, 2.05) is 0 Å². The van der Waals surface area contributed by atoms with Crippen LogP contribution in [-0.2, 0) is 20.8 Å². The van der Waals surface area contributed by atoms with Gasteiger partial charge in [-0.3, -0.25) is 14.6 Å². The topological polar surface area (TPSA) is 119 Å². The number of amides is 1. The van der Waals surface area contributed by atoms with Gasteiger partial charge in [-0.2, -0.15) is 0 Å². The number of aryl methyl sites for hydroxylation is 1. The molecule has 0 fully saturated rings. The van der Waals surface area contributed by atoms with Gasteiger partial charge >= 0.3 is 17.8 Å². The average molecular weight is 355 g/mol. The third kappa shape index (κ3) is 8.73. The summed E-state index contributed by atoms with van der Waals surface area (Å²) in [6, 6.07) is 1.25. The van der Waals surface area contributed by atoms with Crippen LogP contribution in [0.25, 0.3) is 0 Å². The van der Waals surface area contributed by atoms with Crippen molar-refractivity contribution in [2.24, 2.45) is 5.92 Å². The van der Waals surface area contributed by atoms with Crippen molar-refractivity contribution >= 4 is 12.1 Å². The molecule has 140 valence electrons. The van der Waals surface area contributed by atoms with Gasteiger partial charge in [0.15, 0.2) is 0 Å². The summed E-state index contributed by atoms with van der Waals surface area (Å²) >= 11 is 0. The molecular formula is C16H25N3O6. The van der Waals surface area contributed by atoms with Crippen molar-refractivity contribution in [3.8, 4) is 0 Å². The normalized spacial score (nSPS) is 12.3. The zero-order chi connectivity index (χ0) is 19.0. The van der Waals surface area contributed by atoms with Crippen molar-refractivity contribution in [3.05, 3.63) is 33.1 Å². The lowest BCUT2D eigenvalue weighted by Crippen LogP contribution is -2.37. The van der Waals surface area contributed by atoms with Crippen LogP contribution in [0.1, 0.15) is 34.1 Å². The fourth-order valence-electron chi connectivity index (χ4n) is 1.96. The van der Waals surface area contributed by atoms with Crippen molar-refractivity contribution in [1.29, 1.82) is 0 Å². The number of hydrogen-bond acceptors (Lipinski definition) is 6. The number of nitrogens with zero attached hydrogens (tertiary/aromatic N) is 1. The third-order valence-corrected chi connectivity index (χ3v) is 3.13. The number of nitrogens with one attached hydrogen (secondary N) is 2. The maximum atomic E-state index is 11.7. The summed E-state index contributed by atoms with van der Waals surface area (Å²) < 4.78 is 11.5. The number of carbonyl (C=O) groups is 2. The molecule has 0 aliphatic rings. The predicted molar refractivity (Wildman–Crippen MR) is 90.3 cm³/mol. The Hall–Kier alpha value is -2.58. The molecule has 1 heterocycles. The molecular weight excluding hydrogens is 330 g/mol. The fourth-order valence-corrected chi connectivity index (χ4v) is 1.96. The highest BCUT2D eigenvalue weighted by Crippen LogP contribution is 2.08. The molecule has 0 spiro atoms. The number of esters is 1. The van der Waals surface area contributed by atoms with Crippen LogP contribution in [0.15, 0.2) is 21.9 Å². The van der Waals surface area contributed by atoms with E-state index in [0.29, 0.717) is 13.0 Å². The summed E-state index contributed by atoms with van der Waals surface area (Å²) in [5.74, 6) is -0.640. The minimum Gasteiger partial charge on any atom is -0.466 e. The lowest BCUT2D eigenvalue weighted by molar-refractivity contribution is -0.142. The average Bonchev–Trinajstić information content (AvgIpc) is 2.46. The first-order valence-corrected chi connectivity index (χ1v) is 7.97. The number of carbonyl (C=O) groups excluding carboxylic acids is 2. The Kier molecular flexibility index (Phi) is 7.41. The summed E-state index contributed by atoms with van der Waals surface area (Å²) in [6.07, 6.45) is 1.28. The molecule has 1 atom stereocenters. The molecule has 1 amide bonds. The molecule has 0 bridgehead atoms. The highest BCUT2D eigenvalue weighted by Gasteiger charge is 2.18. The number of ether oxygens (including phenoxy) is 2. The largest absolute Gasteiger partial charge is 0.466 e. The molecule has 9 nitrogen and oxygen atoms in total. The Bertz CT molecular complexity index is 701. The molecule has 1 aromatic rings. The lowest BCUT2D eigenvalue weighted by atomic mass is 10.1. The first-order valence-electron chi connectivity index (χ1n) is 7.97. The van der Waals surface area contributed by atoms with Crippen LogP contribution in [0, 0.1) is 5.92 Å². The van der Waals surface area contributed by atoms with Crippen LogP contribution in [0.3, 0.4) is 0 Å². The number of H-pyrrole nitrogens is 1. The minimum atomic E-state index is -0.612. The van der Waals surface area contributed by atoms with Crippen molar-refractivity contribution in [1.82, 2.24) is 14.9 Å². The van der Waals surface area contributed by atoms with Gasteiger partial charge in [0.2, 0.25) is 0 Å². The molecule has 0 aliphatic heterocycles. The molecule has 0 aromatic carbocycles. The van der Waals surface area contributed by atoms with Gasteiger partial charge < -0.3 is 19.4 Å². The Balaban J connectivity index is 2.63. The van der Waals surface area contributed by atoms with Crippen molar-refractivity contribution in [2.45, 2.75) is 46.3 Å². The summed E-state index contributed by atoms with van der Waals surface area (Å²) in [4.78, 5) is 47.6. The van der Waals surface area contributed by atoms with E-state index in [4.69, 9.17) is 9.47 Å². The Morgan fingerprint density at radius 1 is 1.32 bits per heavy atom. The SMILES string of the molecule is CC(=O)OCC(CCn1ccc(=O)[nH]c1=O)CNC(=O)OC(C)(C)C. The van der Waals surface area contributed by atoms with Gasteiger partial charge in [-0.1, -0.05) is 0 Å². The van der Waals surface area contributed by atoms with Crippen LogP contribution in [0.5, 0.6) is 0 Å². The van der Waals surface area contributed by atoms with E-state index in [0.717, 1.165) is 0 Å². The van der Waals surface area contributed by atoms with Gasteiger partial charge in [-0.05, 0) is 27.2 Å². The molecule has 1 rings (SSSR count). The highest BCUT2D eigenvalue weighted by molar-refractivity contribution is 5.67. The van der Waals surface area contributed by atoms with Crippen molar-refractivity contribution < 1.29 is 19.1 Å². The Morgan fingerprint density at radius 3 is 2.56 bits per heavy atom. The lowest BCUT2D eigenvalue weighted by Gasteiger charge is -2.22. The van der Waals surface area contributed by atoms with Crippen molar-refractivity contribution in [3.63, 3.8) is 0 Å². The molecule has 0 aliphatic carbocycles. The summed E-state index contributed by atoms with van der Waals surface area (Å²) in [5, 5.41) is 2.63. The monoisotopic (exact) mass is 355 g/mol. The second-order valence-electron chi connectivity index (χ2n) is 6.64. The number of alkyl carbamates (subject to hydrolysis) is 1. The molecule has 0 saturated carbocycles. The van der Waals surface area contributed by atoms with Crippen molar-refractivity contribution in [2.75, 3.05) is 13.2 Å². The van der Waals surface area contributed by atoms with Crippen LogP contribution in [0.4, 0.5) is 4.79 Å². The molecule has 25 heavy (non-hydrogen) atoms. The highest BCUT2D eigenvalue weighted by atomic mass is 16.6. The number of aromatic nitrogens is 2. The zero-order valence-corrected chi connectivity index (χ0v) is 15.0. The van der Waals surface area contributed by atoms with E-state index in [1.54, 1.807) is 20.8 Å². The van der Waals surface area contributed by atoms with E-state index in [2.05, 4.69) is 10.3 Å². The first-order chi connectivity index (χ1) is 11.6. The molecule has 2 N–H and O–H groups in total. The van der Waals surface area contributed by atoms with E-state index in [1.165, 1.54) is 23.8 Å². The second-order valence-corrected chi connectivity index (χ2v) is 6.64. The van der Waals surface area contributed by atoms with Crippen LogP contribution in [0.2, 0.25) is 0 Å². The van der Waals surface area contributed by atoms with Gasteiger partial charge in [0, 0.05) is 38.2 Å². The molecule has 1 unspecified atom stereocenters. The molecule has 0 saturated heterocycles. The maximum Gasteiger partial charge on any atom is 0.407 e. The Labute approximate surface area is 145 Å². The summed E-state index contributed by atoms with van der Waals surface area (Å²) in [5.41, 5.74) is -1.60. The van der Waals surface area contributed by atoms with Crippen LogP contribution >= 0.6 is 0 Å². The second kappa shape index (κ2) is 9.05. The van der Waals surface area contributed by atoms with Gasteiger partial charge in [0.05, 0.1) is 6.61 Å². The maximum absolute atomic E-state index is 11.7. The first kappa shape index (κ1) is 20.5. The predicted octanol–water partition coefficient (Wildman–Crippen LogP) is 0.631. The third-order valence-electron chi connectivity index (χ3n) is 3.13. The van der Waals surface area contributed by atoms with E-state index in [9.17, 15) is 19.2 Å². The van der Waals surface area contributed by atoms with Gasteiger partial charge in [-0.25, -0.2) is 9.59 Å². The standard InChI is InChI=1S/C16H25N3O6/c1-11(20)24-10-12(9-17-15(23)25-16(2,3)4)5-7-19-8-6-13(21)18-14(19)22/h6,8,12H,5,7,9-10H2,1-4H3,(H,17,23)(H,18,21,22). The zero-order valence-electron chi connectivity index (χ0n) is 15.0. The quantitative estimate of drug-likeness (QED) is 0.692. The number of hydrogen-bond donors (Lipinski definition) is 2. The van der Waals surface area contributed by atoms with E-state index in [-0.39, 0.29) is 19.1 Å². The van der Waals surface area contributed by atoms with E-state index >= 15 is 0 Å². The molecule has 1 aromatic heterocycles. The molecule has 9 heteroatoms. The fraction of sp³-hybridized carbons (Fsp3) is 0.625. The van der Waals surface area contributed by atoms with E-state index < -0.39 is 28.9 Å². The number of aromatic amines is 1. The summed E-state index contributed by atoms with van der Waals surface area (Å²) in [6.45, 7) is 7.19. The van der Waals surface area contributed by atoms with Gasteiger partial charge in [-0.15, -0.1) is 0 Å². The van der Waals surface area contributed by atoms with Gasteiger partial charge in [0.1, 0.15) is 5.60 Å². The van der Waals surface area contributed by atoms with Gasteiger partial charge in [0.25, 0.3) is 5.56 Å². The minimum absolute atomic E-state index is 0.100. The number of rotatable bonds is 7. The smallest absolute Gasteiger partial charge is 0.407 e. The summed E-state index contributed by atoms with van der Waals surface area (Å²) in [7, 11) is 0. The molecule has 0 radical (unpaired) electrons. The van der Waals surface area contributed by atoms with Crippen LogP contribution < -0.4 is 16.6 Å². The van der Waals surface area contributed by atoms with Crippen LogP contribution in [-0.4, -0.2) is 40.4 Å². The Morgan fingerprint density at radius 2 is 2.00 bits per heavy atom.